The van der Waals surface area contributed by atoms with Crippen LogP contribution >= 0.6 is 11.6 Å². The van der Waals surface area contributed by atoms with Gasteiger partial charge >= 0.3 is 6.18 Å². The first kappa shape index (κ1) is 22.8. The monoisotopic (exact) mass is 425 g/mol. The third-order valence-corrected chi connectivity index (χ3v) is 4.53. The number of anilines is 2. The van der Waals surface area contributed by atoms with Crippen molar-refractivity contribution in [3.8, 4) is 0 Å². The summed E-state index contributed by atoms with van der Waals surface area (Å²) in [5.74, 6) is -0.408. The Hall–Kier alpha value is -2.51. The largest absolute Gasteiger partial charge is 0.416 e. The number of carbonyl (C=O) groups is 1. The van der Waals surface area contributed by atoms with Crippen LogP contribution in [-0.2, 0) is 11.0 Å². The Balaban J connectivity index is 1.97. The van der Waals surface area contributed by atoms with Gasteiger partial charge < -0.3 is 15.1 Å². The van der Waals surface area contributed by atoms with E-state index in [2.05, 4.69) is 15.1 Å². The molecule has 1 N–H and O–H groups in total. The predicted molar refractivity (Wildman–Crippen MR) is 112 cm³/mol. The smallest absolute Gasteiger partial charge is 0.373 e. The Morgan fingerprint density at radius 1 is 1.07 bits per heavy atom. The second kappa shape index (κ2) is 9.80. The third-order valence-electron chi connectivity index (χ3n) is 4.20. The molecule has 0 unspecified atom stereocenters. The van der Waals surface area contributed by atoms with Crippen molar-refractivity contribution in [3.63, 3.8) is 0 Å². The lowest BCUT2D eigenvalue weighted by Crippen LogP contribution is -2.28. The van der Waals surface area contributed by atoms with Gasteiger partial charge in [-0.05, 0) is 62.1 Å². The molecule has 2 aromatic rings. The summed E-state index contributed by atoms with van der Waals surface area (Å²) < 4.78 is 38.0. The lowest BCUT2D eigenvalue weighted by Gasteiger charge is -2.21. The fourth-order valence-corrected chi connectivity index (χ4v) is 2.71. The van der Waals surface area contributed by atoms with E-state index in [1.54, 1.807) is 12.1 Å². The fraction of sp³-hybridized carbons (Fsp3) is 0.286. The molecule has 0 aliphatic carbocycles. The van der Waals surface area contributed by atoms with Gasteiger partial charge in [-0.2, -0.15) is 13.2 Å². The highest BCUT2D eigenvalue weighted by Crippen LogP contribution is 2.32. The van der Waals surface area contributed by atoms with Crippen LogP contribution in [0, 0.1) is 0 Å². The van der Waals surface area contributed by atoms with Crippen molar-refractivity contribution in [2.24, 2.45) is 0 Å². The number of halogens is 4. The molecule has 0 aromatic heterocycles. The van der Waals surface area contributed by atoms with Crippen LogP contribution in [0.1, 0.15) is 11.1 Å². The van der Waals surface area contributed by atoms with Gasteiger partial charge in [-0.15, -0.1) is 0 Å². The number of carbonyl (C=O) groups excluding carboxylic acids is 1. The number of hydrogen-bond acceptors (Lipinski definition) is 3. The molecular weight excluding hydrogens is 403 g/mol. The molecular formula is C21H23ClF3N3O. The molecule has 1 amide bonds. The zero-order valence-electron chi connectivity index (χ0n) is 16.4. The number of hydrogen-bond donors (Lipinski definition) is 1. The summed E-state index contributed by atoms with van der Waals surface area (Å²) >= 11 is 5.88. The molecule has 0 fully saturated rings. The van der Waals surface area contributed by atoms with Gasteiger partial charge in [-0.25, -0.2) is 0 Å². The minimum atomic E-state index is -4.46. The van der Waals surface area contributed by atoms with Crippen molar-refractivity contribution in [2.45, 2.75) is 6.18 Å². The van der Waals surface area contributed by atoms with Gasteiger partial charge in [0.1, 0.15) is 0 Å². The number of alkyl halides is 3. The van der Waals surface area contributed by atoms with E-state index in [1.165, 1.54) is 18.2 Å². The van der Waals surface area contributed by atoms with Gasteiger partial charge in [0, 0.05) is 42.6 Å². The van der Waals surface area contributed by atoms with E-state index < -0.39 is 17.6 Å². The number of benzene rings is 2. The normalized spacial score (nSPS) is 11.9. The molecule has 0 radical (unpaired) electrons. The first-order chi connectivity index (χ1) is 13.6. The van der Waals surface area contributed by atoms with Crippen molar-refractivity contribution in [1.29, 1.82) is 0 Å². The Morgan fingerprint density at radius 3 is 2.28 bits per heavy atom. The molecule has 0 saturated heterocycles. The number of likely N-dealkylation sites (N-methyl/N-ethyl adjacent to an activating group) is 2. The highest BCUT2D eigenvalue weighted by Gasteiger charge is 2.30. The summed E-state index contributed by atoms with van der Waals surface area (Å²) in [6.45, 7) is 1.79. The average Bonchev–Trinajstić information content (AvgIpc) is 2.65. The van der Waals surface area contributed by atoms with Gasteiger partial charge in [0.2, 0.25) is 5.91 Å². The Kier molecular flexibility index (Phi) is 7.70. The maximum atomic E-state index is 12.7. The summed E-state index contributed by atoms with van der Waals surface area (Å²) in [5.41, 5.74) is 1.13. The molecule has 2 rings (SSSR count). The summed E-state index contributed by atoms with van der Waals surface area (Å²) in [5, 5.41) is 2.63. The topological polar surface area (TPSA) is 35.6 Å². The van der Waals surface area contributed by atoms with Crippen molar-refractivity contribution in [1.82, 2.24) is 4.90 Å². The lowest BCUT2D eigenvalue weighted by atomic mass is 10.1. The van der Waals surface area contributed by atoms with Crippen LogP contribution in [0.3, 0.4) is 0 Å². The van der Waals surface area contributed by atoms with Crippen molar-refractivity contribution >= 4 is 35.0 Å². The lowest BCUT2D eigenvalue weighted by molar-refractivity contribution is -0.137. The summed E-state index contributed by atoms with van der Waals surface area (Å²) in [7, 11) is 6.02. The zero-order valence-corrected chi connectivity index (χ0v) is 17.2. The minimum absolute atomic E-state index is 0.0750. The fourth-order valence-electron chi connectivity index (χ4n) is 2.47. The van der Waals surface area contributed by atoms with Crippen molar-refractivity contribution in [3.05, 3.63) is 64.7 Å². The maximum Gasteiger partial charge on any atom is 0.416 e. The van der Waals surface area contributed by atoms with Gasteiger partial charge in [-0.1, -0.05) is 17.7 Å². The molecule has 0 saturated carbocycles. The van der Waals surface area contributed by atoms with Gasteiger partial charge in [-0.3, -0.25) is 4.79 Å². The van der Waals surface area contributed by atoms with Gasteiger partial charge in [0.05, 0.1) is 5.56 Å². The molecule has 0 spiro atoms. The Labute approximate surface area is 173 Å². The molecule has 0 atom stereocenters. The van der Waals surface area contributed by atoms with Crippen LogP contribution in [0.15, 0.2) is 48.5 Å². The quantitative estimate of drug-likeness (QED) is 0.633. The van der Waals surface area contributed by atoms with Crippen LogP contribution in [-0.4, -0.2) is 45.0 Å². The van der Waals surface area contributed by atoms with E-state index >= 15 is 0 Å². The maximum absolute atomic E-state index is 12.7. The molecule has 4 nitrogen and oxygen atoms in total. The van der Waals surface area contributed by atoms with E-state index in [-0.39, 0.29) is 5.02 Å². The van der Waals surface area contributed by atoms with E-state index in [9.17, 15) is 18.0 Å². The zero-order chi connectivity index (χ0) is 21.6. The number of nitrogens with one attached hydrogen (secondary N) is 1. The van der Waals surface area contributed by atoms with Crippen LogP contribution in [0.25, 0.3) is 6.08 Å². The molecule has 0 heterocycles. The first-order valence-electron chi connectivity index (χ1n) is 8.88. The van der Waals surface area contributed by atoms with Gasteiger partial charge in [0.15, 0.2) is 0 Å². The standard InChI is InChI=1S/C21H23ClF3N3O/c1-27(2)12-13-28(3)18-9-7-17(8-10-18)26-20(29)11-5-15-4-6-16(14-19(15)22)21(23,24)25/h4-11,14H,12-13H2,1-3H3,(H,26,29)/b11-5+. The first-order valence-corrected chi connectivity index (χ1v) is 9.26. The Bertz CT molecular complexity index is 864. The highest BCUT2D eigenvalue weighted by atomic mass is 35.5. The molecule has 156 valence electrons. The number of rotatable bonds is 7. The highest BCUT2D eigenvalue weighted by molar-refractivity contribution is 6.32. The van der Waals surface area contributed by atoms with E-state index in [1.807, 2.05) is 33.3 Å². The molecule has 0 bridgehead atoms. The number of amides is 1. The SMILES string of the molecule is CN(C)CCN(C)c1ccc(NC(=O)/C=C/c2ccc(C(F)(F)F)cc2Cl)cc1. The molecule has 8 heteroatoms. The molecule has 0 aliphatic rings. The van der Waals surface area contributed by atoms with Gasteiger partial charge in [0.25, 0.3) is 0 Å². The predicted octanol–water partition coefficient (Wildman–Crippen LogP) is 5.01. The third kappa shape index (κ3) is 7.11. The average molecular weight is 426 g/mol. The second-order valence-corrected chi connectivity index (χ2v) is 7.24. The minimum Gasteiger partial charge on any atom is -0.373 e. The van der Waals surface area contributed by atoms with Crippen molar-refractivity contribution in [2.75, 3.05) is 44.4 Å². The van der Waals surface area contributed by atoms with E-state index in [4.69, 9.17) is 11.6 Å². The van der Waals surface area contributed by atoms with Crippen LogP contribution in [0.2, 0.25) is 5.02 Å². The van der Waals surface area contributed by atoms with Crippen LogP contribution in [0.5, 0.6) is 0 Å². The molecule has 2 aromatic carbocycles. The van der Waals surface area contributed by atoms with E-state index in [0.29, 0.717) is 11.3 Å². The molecule has 0 aliphatic heterocycles. The van der Waals surface area contributed by atoms with Crippen LogP contribution in [0.4, 0.5) is 24.5 Å². The van der Waals surface area contributed by atoms with Crippen molar-refractivity contribution < 1.29 is 18.0 Å². The Morgan fingerprint density at radius 2 is 1.72 bits per heavy atom. The second-order valence-electron chi connectivity index (χ2n) is 6.83. The van der Waals surface area contributed by atoms with E-state index in [0.717, 1.165) is 30.9 Å². The summed E-state index contributed by atoms with van der Waals surface area (Å²) in [4.78, 5) is 16.3. The molecule has 29 heavy (non-hydrogen) atoms. The van der Waals surface area contributed by atoms with Crippen LogP contribution < -0.4 is 10.2 Å². The summed E-state index contributed by atoms with van der Waals surface area (Å²) in [6.07, 6.45) is -1.86. The number of nitrogens with zero attached hydrogens (tertiary/aromatic N) is 2. The summed E-state index contributed by atoms with van der Waals surface area (Å²) in [6, 6.07) is 10.4.